The first kappa shape index (κ1) is 23.9. The van der Waals surface area contributed by atoms with Crippen molar-refractivity contribution in [3.8, 4) is 0 Å². The first-order valence-corrected chi connectivity index (χ1v) is 10.9. The van der Waals surface area contributed by atoms with E-state index >= 15 is 0 Å². The summed E-state index contributed by atoms with van der Waals surface area (Å²) in [4.78, 5) is 14.3. The summed E-state index contributed by atoms with van der Waals surface area (Å²) in [7, 11) is -2.20. The Labute approximate surface area is 175 Å². The van der Waals surface area contributed by atoms with Gasteiger partial charge in [0.15, 0.2) is 0 Å². The van der Waals surface area contributed by atoms with Gasteiger partial charge in [0.05, 0.1) is 10.5 Å². The van der Waals surface area contributed by atoms with Crippen molar-refractivity contribution < 1.29 is 26.4 Å². The van der Waals surface area contributed by atoms with Gasteiger partial charge in [0.25, 0.3) is 5.91 Å². The van der Waals surface area contributed by atoms with Crippen LogP contribution in [0.5, 0.6) is 0 Å². The molecule has 5 nitrogen and oxygen atoms in total. The van der Waals surface area contributed by atoms with Gasteiger partial charge in [0, 0.05) is 32.2 Å². The first-order chi connectivity index (χ1) is 13.9. The standard InChI is InChI=1S/C21H25F3N2O3S/c1-5-26(6-2)30(28,29)18-12-7-15(3)19(13-18)20(27)25(4)14-16-8-10-17(11-9-16)21(22,23)24/h7-13H,5-6,14H2,1-4H3. The van der Waals surface area contributed by atoms with Gasteiger partial charge in [-0.1, -0.05) is 32.0 Å². The van der Waals surface area contributed by atoms with E-state index in [2.05, 4.69) is 0 Å². The van der Waals surface area contributed by atoms with E-state index in [9.17, 15) is 26.4 Å². The van der Waals surface area contributed by atoms with Crippen LogP contribution in [0.4, 0.5) is 13.2 Å². The highest BCUT2D eigenvalue weighted by molar-refractivity contribution is 7.89. The van der Waals surface area contributed by atoms with Crippen LogP contribution in [0.25, 0.3) is 0 Å². The molecule has 0 unspecified atom stereocenters. The molecule has 0 bridgehead atoms. The number of carbonyl (C=O) groups is 1. The number of amides is 1. The van der Waals surface area contributed by atoms with Crippen molar-refractivity contribution in [2.24, 2.45) is 0 Å². The molecule has 1 amide bonds. The van der Waals surface area contributed by atoms with Crippen molar-refractivity contribution in [3.05, 3.63) is 64.7 Å². The highest BCUT2D eigenvalue weighted by Crippen LogP contribution is 2.29. The molecule has 0 fully saturated rings. The van der Waals surface area contributed by atoms with Crippen LogP contribution < -0.4 is 0 Å². The minimum absolute atomic E-state index is 0.0306. The van der Waals surface area contributed by atoms with Gasteiger partial charge in [-0.15, -0.1) is 0 Å². The van der Waals surface area contributed by atoms with Crippen LogP contribution in [-0.2, 0) is 22.7 Å². The van der Waals surface area contributed by atoms with E-state index in [1.165, 1.54) is 40.5 Å². The summed E-state index contributed by atoms with van der Waals surface area (Å²) in [5, 5.41) is 0. The summed E-state index contributed by atoms with van der Waals surface area (Å²) >= 11 is 0. The maximum atomic E-state index is 12.9. The number of carbonyl (C=O) groups excluding carboxylic acids is 1. The second kappa shape index (κ2) is 9.18. The maximum absolute atomic E-state index is 12.9. The Kier molecular flexibility index (Phi) is 7.31. The van der Waals surface area contributed by atoms with Crippen LogP contribution in [0.15, 0.2) is 47.4 Å². The van der Waals surface area contributed by atoms with E-state index in [0.717, 1.165) is 12.1 Å². The zero-order chi connectivity index (χ0) is 22.7. The van der Waals surface area contributed by atoms with Gasteiger partial charge in [-0.05, 0) is 42.3 Å². The van der Waals surface area contributed by atoms with Gasteiger partial charge >= 0.3 is 6.18 Å². The number of hydrogen-bond donors (Lipinski definition) is 0. The topological polar surface area (TPSA) is 57.7 Å². The van der Waals surface area contributed by atoms with Gasteiger partial charge in [0.1, 0.15) is 0 Å². The van der Waals surface area contributed by atoms with Crippen LogP contribution in [0.2, 0.25) is 0 Å². The minimum atomic E-state index is -4.42. The summed E-state index contributed by atoms with van der Waals surface area (Å²) in [6.45, 7) is 5.88. The summed E-state index contributed by atoms with van der Waals surface area (Å²) in [6, 6.07) is 8.98. The smallest absolute Gasteiger partial charge is 0.337 e. The van der Waals surface area contributed by atoms with Crippen LogP contribution in [0, 0.1) is 6.92 Å². The first-order valence-electron chi connectivity index (χ1n) is 9.44. The van der Waals surface area contributed by atoms with E-state index in [1.54, 1.807) is 26.8 Å². The summed E-state index contributed by atoms with van der Waals surface area (Å²) < 4.78 is 64.9. The van der Waals surface area contributed by atoms with Crippen molar-refractivity contribution in [1.29, 1.82) is 0 Å². The molecule has 0 atom stereocenters. The molecule has 2 aromatic carbocycles. The molecular weight excluding hydrogens is 417 g/mol. The molecule has 0 spiro atoms. The van der Waals surface area contributed by atoms with Crippen LogP contribution in [0.1, 0.15) is 40.9 Å². The zero-order valence-corrected chi connectivity index (χ0v) is 18.1. The number of alkyl halides is 3. The van der Waals surface area contributed by atoms with Crippen molar-refractivity contribution in [3.63, 3.8) is 0 Å². The molecule has 9 heteroatoms. The van der Waals surface area contributed by atoms with Crippen molar-refractivity contribution >= 4 is 15.9 Å². The highest BCUT2D eigenvalue weighted by Gasteiger charge is 2.30. The Morgan fingerprint density at radius 1 is 1.00 bits per heavy atom. The molecule has 0 aliphatic rings. The lowest BCUT2D eigenvalue weighted by molar-refractivity contribution is -0.137. The SMILES string of the molecule is CCN(CC)S(=O)(=O)c1ccc(C)c(C(=O)N(C)Cc2ccc(C(F)(F)F)cc2)c1. The van der Waals surface area contributed by atoms with Gasteiger partial charge in [-0.25, -0.2) is 8.42 Å². The second-order valence-electron chi connectivity index (χ2n) is 6.92. The third-order valence-corrected chi connectivity index (χ3v) is 6.88. The predicted molar refractivity (Wildman–Crippen MR) is 109 cm³/mol. The van der Waals surface area contributed by atoms with Crippen molar-refractivity contribution in [1.82, 2.24) is 9.21 Å². The van der Waals surface area contributed by atoms with Crippen LogP contribution in [0.3, 0.4) is 0 Å². The second-order valence-corrected chi connectivity index (χ2v) is 8.86. The molecular formula is C21H25F3N2O3S. The Morgan fingerprint density at radius 2 is 1.57 bits per heavy atom. The zero-order valence-electron chi connectivity index (χ0n) is 17.3. The van der Waals surface area contributed by atoms with E-state index in [4.69, 9.17) is 0 Å². The summed E-state index contributed by atoms with van der Waals surface area (Å²) in [5.41, 5.74) is 0.615. The highest BCUT2D eigenvalue weighted by atomic mass is 32.2. The van der Waals surface area contributed by atoms with E-state index < -0.39 is 27.7 Å². The number of rotatable bonds is 7. The van der Waals surface area contributed by atoms with Crippen LogP contribution in [-0.4, -0.2) is 43.7 Å². The van der Waals surface area contributed by atoms with Crippen LogP contribution >= 0.6 is 0 Å². The minimum Gasteiger partial charge on any atom is -0.337 e. The molecule has 0 saturated carbocycles. The van der Waals surface area contributed by atoms with E-state index in [1.807, 2.05) is 0 Å². The van der Waals surface area contributed by atoms with Gasteiger partial charge < -0.3 is 4.90 Å². The Bertz CT molecular complexity index is 999. The summed E-state index contributed by atoms with van der Waals surface area (Å²) in [5.74, 6) is -0.413. The molecule has 2 aromatic rings. The fraction of sp³-hybridized carbons (Fsp3) is 0.381. The molecule has 164 valence electrons. The Morgan fingerprint density at radius 3 is 2.07 bits per heavy atom. The quantitative estimate of drug-likeness (QED) is 0.642. The molecule has 0 saturated heterocycles. The Hall–Kier alpha value is -2.39. The van der Waals surface area contributed by atoms with Gasteiger partial charge in [-0.2, -0.15) is 17.5 Å². The molecule has 0 radical (unpaired) electrons. The molecule has 30 heavy (non-hydrogen) atoms. The molecule has 0 aromatic heterocycles. The normalized spacial score (nSPS) is 12.3. The molecule has 0 heterocycles. The largest absolute Gasteiger partial charge is 0.416 e. The number of sulfonamides is 1. The van der Waals surface area contributed by atoms with E-state index in [-0.39, 0.29) is 17.0 Å². The third kappa shape index (κ3) is 5.20. The fourth-order valence-corrected chi connectivity index (χ4v) is 4.54. The maximum Gasteiger partial charge on any atom is 0.416 e. The molecule has 0 aliphatic carbocycles. The number of halogens is 3. The van der Waals surface area contributed by atoms with E-state index in [0.29, 0.717) is 24.2 Å². The van der Waals surface area contributed by atoms with Crippen molar-refractivity contribution in [2.45, 2.75) is 38.4 Å². The number of hydrogen-bond acceptors (Lipinski definition) is 3. The lowest BCUT2D eigenvalue weighted by atomic mass is 10.1. The monoisotopic (exact) mass is 442 g/mol. The Balaban J connectivity index is 2.27. The third-order valence-electron chi connectivity index (χ3n) is 4.83. The fourth-order valence-electron chi connectivity index (χ4n) is 3.05. The summed E-state index contributed by atoms with van der Waals surface area (Å²) in [6.07, 6.45) is -4.42. The van der Waals surface area contributed by atoms with Gasteiger partial charge in [0.2, 0.25) is 10.0 Å². The van der Waals surface area contributed by atoms with Gasteiger partial charge in [-0.3, -0.25) is 4.79 Å². The predicted octanol–water partition coefficient (Wildman–Crippen LogP) is 4.32. The van der Waals surface area contributed by atoms with Crippen molar-refractivity contribution in [2.75, 3.05) is 20.1 Å². The number of aryl methyl sites for hydroxylation is 1. The average Bonchev–Trinajstić information content (AvgIpc) is 2.68. The lowest BCUT2D eigenvalue weighted by Gasteiger charge is -2.21. The lowest BCUT2D eigenvalue weighted by Crippen LogP contribution is -2.31. The number of nitrogens with zero attached hydrogens (tertiary/aromatic N) is 2. The molecule has 0 N–H and O–H groups in total. The average molecular weight is 443 g/mol. The number of benzene rings is 2. The molecule has 2 rings (SSSR count). The molecule has 0 aliphatic heterocycles.